The predicted molar refractivity (Wildman–Crippen MR) is 93.1 cm³/mol. The molecular formula is C18H18N2O2S. The summed E-state index contributed by atoms with van der Waals surface area (Å²) in [6, 6.07) is 13.5. The maximum absolute atomic E-state index is 12.9. The lowest BCUT2D eigenvalue weighted by Crippen LogP contribution is -2.30. The first-order valence-electron chi connectivity index (χ1n) is 7.51. The summed E-state index contributed by atoms with van der Waals surface area (Å²) in [5, 5.41) is 0.739. The zero-order chi connectivity index (χ0) is 16.4. The first-order valence-corrected chi connectivity index (χ1v) is 8.33. The molecule has 2 aromatic heterocycles. The van der Waals surface area contributed by atoms with Gasteiger partial charge in [-0.15, -0.1) is 11.3 Å². The number of hydrogen-bond donors (Lipinski definition) is 0. The Morgan fingerprint density at radius 2 is 1.91 bits per heavy atom. The SMILES string of the molecule is CCN(C(=O)c1sc(-c2ccc(C)o2)nc1C)c1ccccc1. The summed E-state index contributed by atoms with van der Waals surface area (Å²) in [7, 11) is 0. The van der Waals surface area contributed by atoms with E-state index in [0.717, 1.165) is 22.1 Å². The minimum absolute atomic E-state index is 0.0248. The molecule has 0 bridgehead atoms. The van der Waals surface area contributed by atoms with Crippen LogP contribution in [0.3, 0.4) is 0 Å². The number of hydrogen-bond acceptors (Lipinski definition) is 4. The van der Waals surface area contributed by atoms with E-state index in [1.165, 1.54) is 11.3 Å². The number of carbonyl (C=O) groups is 1. The molecule has 0 fully saturated rings. The Labute approximate surface area is 139 Å². The predicted octanol–water partition coefficient (Wildman–Crippen LogP) is 4.69. The van der Waals surface area contributed by atoms with Crippen LogP contribution in [-0.4, -0.2) is 17.4 Å². The lowest BCUT2D eigenvalue weighted by atomic mass is 10.2. The summed E-state index contributed by atoms with van der Waals surface area (Å²) in [6.07, 6.45) is 0. The van der Waals surface area contributed by atoms with Crippen LogP contribution in [-0.2, 0) is 0 Å². The van der Waals surface area contributed by atoms with Crippen LogP contribution >= 0.6 is 11.3 Å². The minimum atomic E-state index is -0.0248. The molecule has 0 N–H and O–H groups in total. The molecule has 0 radical (unpaired) electrons. The number of benzene rings is 1. The molecule has 4 nitrogen and oxygen atoms in total. The normalized spacial score (nSPS) is 10.7. The van der Waals surface area contributed by atoms with Gasteiger partial charge in [0.15, 0.2) is 10.8 Å². The van der Waals surface area contributed by atoms with E-state index in [2.05, 4.69) is 4.98 Å². The van der Waals surface area contributed by atoms with Gasteiger partial charge < -0.3 is 9.32 Å². The number of amides is 1. The van der Waals surface area contributed by atoms with Crippen LogP contribution in [0.1, 0.15) is 28.0 Å². The van der Waals surface area contributed by atoms with E-state index in [9.17, 15) is 4.79 Å². The molecule has 2 heterocycles. The molecule has 118 valence electrons. The third-order valence-corrected chi connectivity index (χ3v) is 4.73. The zero-order valence-corrected chi connectivity index (χ0v) is 14.2. The van der Waals surface area contributed by atoms with Gasteiger partial charge in [0.25, 0.3) is 5.91 Å². The van der Waals surface area contributed by atoms with Crippen LogP contribution in [0.2, 0.25) is 0 Å². The van der Waals surface area contributed by atoms with Crippen LogP contribution in [0.25, 0.3) is 10.8 Å². The summed E-state index contributed by atoms with van der Waals surface area (Å²) in [6.45, 7) is 6.33. The molecule has 0 saturated heterocycles. The van der Waals surface area contributed by atoms with E-state index in [4.69, 9.17) is 4.42 Å². The molecule has 1 amide bonds. The Balaban J connectivity index is 1.94. The van der Waals surface area contributed by atoms with Gasteiger partial charge in [0.05, 0.1) is 5.69 Å². The molecular weight excluding hydrogens is 308 g/mol. The second-order valence-electron chi connectivity index (χ2n) is 5.23. The monoisotopic (exact) mass is 326 g/mol. The summed E-state index contributed by atoms with van der Waals surface area (Å²) in [5.41, 5.74) is 1.63. The first-order chi connectivity index (χ1) is 11.1. The molecule has 23 heavy (non-hydrogen) atoms. The molecule has 0 spiro atoms. The quantitative estimate of drug-likeness (QED) is 0.699. The fraction of sp³-hybridized carbons (Fsp3) is 0.222. The zero-order valence-electron chi connectivity index (χ0n) is 13.4. The number of furan rings is 1. The Morgan fingerprint density at radius 3 is 2.52 bits per heavy atom. The first kappa shape index (κ1) is 15.5. The van der Waals surface area contributed by atoms with Gasteiger partial charge in [0.1, 0.15) is 10.6 Å². The van der Waals surface area contributed by atoms with Crippen molar-refractivity contribution in [3.63, 3.8) is 0 Å². The van der Waals surface area contributed by atoms with E-state index in [0.29, 0.717) is 17.2 Å². The second-order valence-corrected chi connectivity index (χ2v) is 6.23. The van der Waals surface area contributed by atoms with E-state index in [1.54, 1.807) is 4.90 Å². The third kappa shape index (κ3) is 3.05. The lowest BCUT2D eigenvalue weighted by molar-refractivity contribution is 0.0991. The van der Waals surface area contributed by atoms with Crippen LogP contribution in [0.5, 0.6) is 0 Å². The van der Waals surface area contributed by atoms with Crippen molar-refractivity contribution in [2.45, 2.75) is 20.8 Å². The molecule has 3 aromatic rings. The Kier molecular flexibility index (Phi) is 4.30. The fourth-order valence-corrected chi connectivity index (χ4v) is 3.40. The Hall–Kier alpha value is -2.40. The molecule has 0 aliphatic heterocycles. The minimum Gasteiger partial charge on any atom is -0.459 e. The van der Waals surface area contributed by atoms with Crippen molar-refractivity contribution in [2.24, 2.45) is 0 Å². The van der Waals surface area contributed by atoms with Crippen molar-refractivity contribution < 1.29 is 9.21 Å². The summed E-state index contributed by atoms with van der Waals surface area (Å²) in [4.78, 5) is 19.8. The largest absolute Gasteiger partial charge is 0.459 e. The number of carbonyl (C=O) groups excluding carboxylic acids is 1. The number of thiazole rings is 1. The summed E-state index contributed by atoms with van der Waals surface area (Å²) >= 11 is 1.38. The van der Waals surface area contributed by atoms with Crippen molar-refractivity contribution in [2.75, 3.05) is 11.4 Å². The summed E-state index contributed by atoms with van der Waals surface area (Å²) < 4.78 is 5.61. The van der Waals surface area contributed by atoms with E-state index in [1.807, 2.05) is 63.2 Å². The smallest absolute Gasteiger partial charge is 0.270 e. The van der Waals surface area contributed by atoms with Crippen molar-refractivity contribution in [3.05, 3.63) is 58.8 Å². The van der Waals surface area contributed by atoms with Crippen molar-refractivity contribution in [3.8, 4) is 10.8 Å². The highest BCUT2D eigenvalue weighted by Crippen LogP contribution is 2.31. The van der Waals surface area contributed by atoms with Crippen molar-refractivity contribution in [1.82, 2.24) is 4.98 Å². The van der Waals surface area contributed by atoms with Gasteiger partial charge in [-0.3, -0.25) is 4.79 Å². The average molecular weight is 326 g/mol. The highest BCUT2D eigenvalue weighted by molar-refractivity contribution is 7.17. The van der Waals surface area contributed by atoms with E-state index in [-0.39, 0.29) is 5.91 Å². The average Bonchev–Trinajstić information content (AvgIpc) is 3.15. The van der Waals surface area contributed by atoms with E-state index >= 15 is 0 Å². The number of nitrogens with zero attached hydrogens (tertiary/aromatic N) is 2. The molecule has 0 saturated carbocycles. The number of para-hydroxylation sites is 1. The van der Waals surface area contributed by atoms with Crippen LogP contribution < -0.4 is 4.90 Å². The highest BCUT2D eigenvalue weighted by Gasteiger charge is 2.22. The second kappa shape index (κ2) is 6.38. The van der Waals surface area contributed by atoms with Crippen molar-refractivity contribution >= 4 is 22.9 Å². The van der Waals surface area contributed by atoms with Gasteiger partial charge in [-0.1, -0.05) is 18.2 Å². The number of aryl methyl sites for hydroxylation is 2. The van der Waals surface area contributed by atoms with Crippen molar-refractivity contribution in [1.29, 1.82) is 0 Å². The molecule has 0 aliphatic rings. The topological polar surface area (TPSA) is 46.3 Å². The van der Waals surface area contributed by atoms with Crippen LogP contribution in [0.4, 0.5) is 5.69 Å². The third-order valence-electron chi connectivity index (χ3n) is 3.57. The molecule has 0 atom stereocenters. The van der Waals surface area contributed by atoms with Crippen LogP contribution in [0.15, 0.2) is 46.9 Å². The van der Waals surface area contributed by atoms with Gasteiger partial charge in [-0.05, 0) is 45.0 Å². The maximum Gasteiger partial charge on any atom is 0.270 e. The highest BCUT2D eigenvalue weighted by atomic mass is 32.1. The molecule has 0 aliphatic carbocycles. The molecule has 1 aromatic carbocycles. The van der Waals surface area contributed by atoms with Gasteiger partial charge in [0, 0.05) is 12.2 Å². The fourth-order valence-electron chi connectivity index (χ4n) is 2.42. The number of anilines is 1. The number of rotatable bonds is 4. The Morgan fingerprint density at radius 1 is 1.17 bits per heavy atom. The van der Waals surface area contributed by atoms with Gasteiger partial charge in [-0.2, -0.15) is 0 Å². The van der Waals surface area contributed by atoms with Gasteiger partial charge in [0.2, 0.25) is 0 Å². The van der Waals surface area contributed by atoms with Gasteiger partial charge in [-0.25, -0.2) is 4.98 Å². The van der Waals surface area contributed by atoms with Gasteiger partial charge >= 0.3 is 0 Å². The standard InChI is InChI=1S/C18H18N2O2S/c1-4-20(14-8-6-5-7-9-14)18(21)16-13(3)19-17(23-16)15-11-10-12(2)22-15/h5-11H,4H2,1-3H3. The lowest BCUT2D eigenvalue weighted by Gasteiger charge is -2.20. The van der Waals surface area contributed by atoms with E-state index < -0.39 is 0 Å². The molecule has 3 rings (SSSR count). The van der Waals surface area contributed by atoms with Crippen LogP contribution in [0, 0.1) is 13.8 Å². The Bertz CT molecular complexity index is 821. The molecule has 5 heteroatoms. The number of aromatic nitrogens is 1. The molecule has 0 unspecified atom stereocenters. The summed E-state index contributed by atoms with van der Waals surface area (Å²) in [5.74, 6) is 1.51. The maximum atomic E-state index is 12.9.